The lowest BCUT2D eigenvalue weighted by molar-refractivity contribution is -0.122. The zero-order valence-corrected chi connectivity index (χ0v) is 10.7. The number of hydrogen-bond acceptors (Lipinski definition) is 3. The van der Waals surface area contributed by atoms with Crippen LogP contribution in [-0.2, 0) is 11.2 Å². The van der Waals surface area contributed by atoms with Gasteiger partial charge in [-0.1, -0.05) is 31.5 Å². The molecule has 18 heavy (non-hydrogen) atoms. The van der Waals surface area contributed by atoms with Crippen molar-refractivity contribution in [3.63, 3.8) is 0 Å². The molecule has 0 aromatic heterocycles. The molecular weight excluding hydrogens is 228 g/mol. The summed E-state index contributed by atoms with van der Waals surface area (Å²) < 4.78 is 5.74. The average molecular weight is 248 g/mol. The summed E-state index contributed by atoms with van der Waals surface area (Å²) in [7, 11) is 0. The number of fused-ring (bicyclic) bond motifs is 1. The molecule has 1 amide bonds. The van der Waals surface area contributed by atoms with Gasteiger partial charge in [-0.2, -0.15) is 0 Å². The van der Waals surface area contributed by atoms with Crippen LogP contribution < -0.4 is 15.8 Å². The van der Waals surface area contributed by atoms with Crippen LogP contribution in [0.2, 0.25) is 0 Å². The Morgan fingerprint density at radius 1 is 1.56 bits per heavy atom. The number of ether oxygens (including phenoxy) is 1. The average Bonchev–Trinajstić information content (AvgIpc) is 2.78. The third-order valence-corrected chi connectivity index (χ3v) is 3.15. The molecule has 1 aromatic carbocycles. The van der Waals surface area contributed by atoms with Crippen LogP contribution in [0.5, 0.6) is 5.75 Å². The Morgan fingerprint density at radius 3 is 3.06 bits per heavy atom. The number of rotatable bonds is 5. The van der Waals surface area contributed by atoms with Crippen molar-refractivity contribution in [2.24, 2.45) is 5.73 Å². The number of nitrogens with two attached hydrogens (primary N) is 1. The molecule has 3 N–H and O–H groups in total. The number of carbonyl (C=O) groups is 1. The van der Waals surface area contributed by atoms with E-state index in [4.69, 9.17) is 10.5 Å². The first-order valence-corrected chi connectivity index (χ1v) is 6.48. The molecule has 4 heteroatoms. The maximum Gasteiger partial charge on any atom is 0.237 e. The van der Waals surface area contributed by atoms with E-state index < -0.39 is 6.04 Å². The second-order valence-electron chi connectivity index (χ2n) is 4.69. The van der Waals surface area contributed by atoms with Crippen LogP contribution in [0.1, 0.15) is 25.3 Å². The smallest absolute Gasteiger partial charge is 0.237 e. The maximum atomic E-state index is 11.7. The summed E-state index contributed by atoms with van der Waals surface area (Å²) in [5, 5.41) is 2.86. The van der Waals surface area contributed by atoms with Gasteiger partial charge in [0.25, 0.3) is 0 Å². The van der Waals surface area contributed by atoms with Crippen molar-refractivity contribution in [3.05, 3.63) is 29.8 Å². The molecule has 98 valence electrons. The summed E-state index contributed by atoms with van der Waals surface area (Å²) in [6.07, 6.45) is 2.51. The minimum absolute atomic E-state index is 0.0279. The molecule has 0 aliphatic carbocycles. The fourth-order valence-electron chi connectivity index (χ4n) is 2.16. The first-order valence-electron chi connectivity index (χ1n) is 6.48. The highest BCUT2D eigenvalue weighted by Gasteiger charge is 2.23. The lowest BCUT2D eigenvalue weighted by atomic mass is 10.1. The van der Waals surface area contributed by atoms with Gasteiger partial charge in [-0.3, -0.25) is 4.79 Å². The summed E-state index contributed by atoms with van der Waals surface area (Å²) in [4.78, 5) is 11.7. The monoisotopic (exact) mass is 248 g/mol. The lowest BCUT2D eigenvalue weighted by Crippen LogP contribution is -2.44. The molecule has 4 nitrogen and oxygen atoms in total. The summed E-state index contributed by atoms with van der Waals surface area (Å²) in [6, 6.07) is 7.57. The Hall–Kier alpha value is -1.55. The largest absolute Gasteiger partial charge is 0.488 e. The molecule has 0 saturated heterocycles. The van der Waals surface area contributed by atoms with Gasteiger partial charge in [-0.25, -0.2) is 0 Å². The molecule has 0 bridgehead atoms. The van der Waals surface area contributed by atoms with Gasteiger partial charge < -0.3 is 15.8 Å². The van der Waals surface area contributed by atoms with Crippen LogP contribution in [0.15, 0.2) is 24.3 Å². The van der Waals surface area contributed by atoms with E-state index in [2.05, 4.69) is 11.4 Å². The van der Waals surface area contributed by atoms with Gasteiger partial charge in [0.15, 0.2) is 0 Å². The van der Waals surface area contributed by atoms with Crippen LogP contribution in [0.3, 0.4) is 0 Å². The predicted octanol–water partition coefficient (Wildman–Crippen LogP) is 1.23. The number of para-hydroxylation sites is 1. The molecule has 0 spiro atoms. The van der Waals surface area contributed by atoms with Crippen molar-refractivity contribution < 1.29 is 9.53 Å². The quantitative estimate of drug-likeness (QED) is 0.824. The van der Waals surface area contributed by atoms with Crippen LogP contribution in [0, 0.1) is 0 Å². The standard InChI is InChI=1S/C14H20N2O2/c1-2-5-12(15)14(17)16-9-11-8-10-6-3-4-7-13(10)18-11/h3-4,6-7,11-12H,2,5,8-9,15H2,1H3,(H,16,17)/t11?,12-/m1/s1. The zero-order valence-electron chi connectivity index (χ0n) is 10.7. The van der Waals surface area contributed by atoms with E-state index >= 15 is 0 Å². The second-order valence-corrected chi connectivity index (χ2v) is 4.69. The van der Waals surface area contributed by atoms with Crippen molar-refractivity contribution in [3.8, 4) is 5.75 Å². The van der Waals surface area contributed by atoms with Crippen LogP contribution in [0.4, 0.5) is 0 Å². The van der Waals surface area contributed by atoms with Crippen molar-refractivity contribution in [1.29, 1.82) is 0 Å². The number of amides is 1. The predicted molar refractivity (Wildman–Crippen MR) is 70.5 cm³/mol. The van der Waals surface area contributed by atoms with Crippen LogP contribution >= 0.6 is 0 Å². The van der Waals surface area contributed by atoms with Gasteiger partial charge >= 0.3 is 0 Å². The number of carbonyl (C=O) groups excluding carboxylic acids is 1. The van der Waals surface area contributed by atoms with Crippen molar-refractivity contribution in [1.82, 2.24) is 5.32 Å². The Balaban J connectivity index is 1.78. The molecule has 0 radical (unpaired) electrons. The van der Waals surface area contributed by atoms with E-state index in [0.717, 1.165) is 25.0 Å². The Kier molecular flexibility index (Phi) is 4.20. The van der Waals surface area contributed by atoms with Crippen LogP contribution in [-0.4, -0.2) is 24.6 Å². The SMILES string of the molecule is CCC[C@@H](N)C(=O)NCC1Cc2ccccc2O1. The van der Waals surface area contributed by atoms with Gasteiger partial charge in [0.2, 0.25) is 5.91 Å². The zero-order chi connectivity index (χ0) is 13.0. The van der Waals surface area contributed by atoms with E-state index in [1.54, 1.807) is 0 Å². The van der Waals surface area contributed by atoms with Gasteiger partial charge in [0.1, 0.15) is 11.9 Å². The highest BCUT2D eigenvalue weighted by Crippen LogP contribution is 2.27. The van der Waals surface area contributed by atoms with E-state index in [-0.39, 0.29) is 12.0 Å². The van der Waals surface area contributed by atoms with E-state index in [1.807, 2.05) is 25.1 Å². The second kappa shape index (κ2) is 5.87. The van der Waals surface area contributed by atoms with Crippen LogP contribution in [0.25, 0.3) is 0 Å². The molecule has 1 aliphatic heterocycles. The van der Waals surface area contributed by atoms with Gasteiger partial charge in [-0.05, 0) is 18.1 Å². The Bertz CT molecular complexity index is 395. The Labute approximate surface area is 108 Å². The molecule has 2 atom stereocenters. The molecule has 0 saturated carbocycles. The van der Waals surface area contributed by atoms with E-state index in [0.29, 0.717) is 6.54 Å². The number of benzene rings is 1. The van der Waals surface area contributed by atoms with Gasteiger partial charge in [0, 0.05) is 6.42 Å². The molecule has 0 fully saturated rings. The summed E-state index contributed by atoms with van der Waals surface area (Å²) in [5.74, 6) is 0.839. The summed E-state index contributed by atoms with van der Waals surface area (Å²) >= 11 is 0. The third-order valence-electron chi connectivity index (χ3n) is 3.15. The molecule has 2 rings (SSSR count). The lowest BCUT2D eigenvalue weighted by Gasteiger charge is -2.14. The summed E-state index contributed by atoms with van der Waals surface area (Å²) in [6.45, 7) is 2.54. The molecule has 1 unspecified atom stereocenters. The third kappa shape index (κ3) is 3.01. The van der Waals surface area contributed by atoms with Crippen molar-refractivity contribution in [2.75, 3.05) is 6.54 Å². The fourth-order valence-corrected chi connectivity index (χ4v) is 2.16. The first-order chi connectivity index (χ1) is 8.70. The fraction of sp³-hybridized carbons (Fsp3) is 0.500. The maximum absolute atomic E-state index is 11.7. The highest BCUT2D eigenvalue weighted by molar-refractivity contribution is 5.81. The highest BCUT2D eigenvalue weighted by atomic mass is 16.5. The summed E-state index contributed by atoms with van der Waals surface area (Å²) in [5.41, 5.74) is 6.95. The molecule has 1 aliphatic rings. The minimum Gasteiger partial charge on any atom is -0.488 e. The number of hydrogen-bond donors (Lipinski definition) is 2. The van der Waals surface area contributed by atoms with Gasteiger partial charge in [-0.15, -0.1) is 0 Å². The van der Waals surface area contributed by atoms with Gasteiger partial charge in [0.05, 0.1) is 12.6 Å². The topological polar surface area (TPSA) is 64.4 Å². The molecular formula is C14H20N2O2. The van der Waals surface area contributed by atoms with Crippen molar-refractivity contribution >= 4 is 5.91 Å². The Morgan fingerprint density at radius 2 is 2.33 bits per heavy atom. The normalized spacial score (nSPS) is 18.9. The molecule has 1 heterocycles. The van der Waals surface area contributed by atoms with E-state index in [1.165, 1.54) is 5.56 Å². The molecule has 1 aromatic rings. The minimum atomic E-state index is -0.404. The first kappa shape index (κ1) is 12.9. The van der Waals surface area contributed by atoms with Crippen molar-refractivity contribution in [2.45, 2.75) is 38.3 Å². The number of nitrogens with one attached hydrogen (secondary N) is 1. The van der Waals surface area contributed by atoms with E-state index in [9.17, 15) is 4.79 Å².